The maximum atomic E-state index is 12.3. The van der Waals surface area contributed by atoms with E-state index in [1.165, 1.54) is 0 Å². The lowest BCUT2D eigenvalue weighted by molar-refractivity contribution is -0.272. The number of hydrogen-bond acceptors (Lipinski definition) is 16. The van der Waals surface area contributed by atoms with Crippen molar-refractivity contribution in [2.45, 2.75) is 55.2 Å². The number of H-pyrrole nitrogens is 1. The molecule has 24 heteroatoms. The summed E-state index contributed by atoms with van der Waals surface area (Å²) in [6.07, 6.45) is -15.5. The van der Waals surface area contributed by atoms with Gasteiger partial charge in [-0.05, 0) is 5.53 Å². The smallest absolute Gasteiger partial charge is 0.388 e. The van der Waals surface area contributed by atoms with Crippen LogP contribution in [0.25, 0.3) is 10.4 Å². The second-order valence-electron chi connectivity index (χ2n) is 7.91. The Morgan fingerprint density at radius 3 is 2.26 bits per heavy atom. The van der Waals surface area contributed by atoms with Crippen LogP contribution in [0.3, 0.4) is 0 Å². The molecule has 39 heavy (non-hydrogen) atoms. The van der Waals surface area contributed by atoms with Crippen molar-refractivity contribution in [1.82, 2.24) is 15.7 Å². The fraction of sp³-hybridized carbons (Fsp3) is 0.733. The number of aliphatic hydroxyl groups is 5. The second-order valence-corrected chi connectivity index (χ2v) is 10.9. The predicted octanol–water partition coefficient (Wildman–Crippen LogP) is -3.31. The summed E-state index contributed by atoms with van der Waals surface area (Å²) in [4.78, 5) is 47.1. The minimum Gasteiger partial charge on any atom is -0.388 e. The number of azide groups is 1. The van der Waals surface area contributed by atoms with E-state index in [1.54, 1.807) is 0 Å². The molecule has 2 aliphatic rings. The fourth-order valence-corrected chi connectivity index (χ4v) is 5.63. The number of ether oxygens (including phenoxy) is 2. The van der Waals surface area contributed by atoms with Gasteiger partial charge in [-0.2, -0.15) is 4.31 Å². The Kier molecular flexibility index (Phi) is 11.1. The number of phosphoric acid groups is 2. The zero-order valence-electron chi connectivity index (χ0n) is 19.5. The van der Waals surface area contributed by atoms with Crippen LogP contribution >= 0.6 is 15.6 Å². The van der Waals surface area contributed by atoms with E-state index in [0.717, 1.165) is 16.8 Å². The summed E-state index contributed by atoms with van der Waals surface area (Å²) < 4.78 is 48.5. The maximum absolute atomic E-state index is 12.3. The van der Waals surface area contributed by atoms with Gasteiger partial charge in [-0.25, -0.2) is 13.9 Å². The highest BCUT2D eigenvalue weighted by atomic mass is 31.3. The van der Waals surface area contributed by atoms with Crippen LogP contribution in [-0.4, -0.2) is 107 Å². The SMILES string of the molecule is N.[N-]=[N+]=NC[C@H]1O[C@H](OP(=O)(O)OP(=O)(O)OC[C@H]2O[C@@H](n3ccc(=O)[nH]c3=O)[C@H](O)[C@@H]2O)[C@H](O)[C@@H](O)[C@H]1O. The van der Waals surface area contributed by atoms with Crippen molar-refractivity contribution in [2.24, 2.45) is 5.11 Å². The molecule has 222 valence electrons. The first-order valence-electron chi connectivity index (χ1n) is 10.4. The van der Waals surface area contributed by atoms with Crippen LogP contribution in [0, 0.1) is 0 Å². The lowest BCUT2D eigenvalue weighted by Crippen LogP contribution is -2.58. The first-order chi connectivity index (χ1) is 17.7. The molecule has 11 N–H and O–H groups in total. The van der Waals surface area contributed by atoms with Crippen molar-refractivity contribution in [2.75, 3.05) is 13.2 Å². The second kappa shape index (κ2) is 13.1. The van der Waals surface area contributed by atoms with Gasteiger partial charge in [0, 0.05) is 17.2 Å². The number of rotatable bonds is 10. The van der Waals surface area contributed by atoms with Gasteiger partial charge in [0.25, 0.3) is 5.56 Å². The standard InChI is InChI=1S/C15H23N5O16P2.H3N/c16-19-17-3-5-8(22)10(24)12(26)14(34-5)35-38(30,31)36-37(28,29)32-4-6-9(23)11(25)13(33-6)20-2-1-7(21)18-15(20)27;/h1-2,5-6,8-14,22-26H,3-4H2,(H,28,29)(H,30,31)(H,18,21,27);1H3/t5-,6-,8+,9-,10+,11-,12-,13-,14-;/m1./s1. The van der Waals surface area contributed by atoms with Crippen molar-refractivity contribution in [3.63, 3.8) is 0 Å². The van der Waals surface area contributed by atoms with Gasteiger partial charge in [0.05, 0.1) is 19.3 Å². The van der Waals surface area contributed by atoms with Crippen LogP contribution in [0.2, 0.25) is 0 Å². The van der Waals surface area contributed by atoms with Crippen molar-refractivity contribution in [3.8, 4) is 0 Å². The van der Waals surface area contributed by atoms with E-state index < -0.39 is 95.3 Å². The third-order valence-corrected chi connectivity index (χ3v) is 7.90. The molecule has 0 amide bonds. The molecule has 2 fully saturated rings. The number of hydrogen-bond donors (Lipinski definition) is 9. The summed E-state index contributed by atoms with van der Waals surface area (Å²) in [5.74, 6) is 0. The Bertz CT molecular complexity index is 1250. The monoisotopic (exact) mass is 608 g/mol. The molecule has 0 bridgehead atoms. The molecule has 0 spiro atoms. The van der Waals surface area contributed by atoms with Crippen LogP contribution in [0.1, 0.15) is 6.23 Å². The molecule has 3 rings (SSSR count). The van der Waals surface area contributed by atoms with Crippen molar-refractivity contribution < 1.29 is 67.3 Å². The molecule has 2 unspecified atom stereocenters. The van der Waals surface area contributed by atoms with E-state index in [-0.39, 0.29) is 6.15 Å². The van der Waals surface area contributed by atoms with Crippen LogP contribution in [0.15, 0.2) is 27.0 Å². The van der Waals surface area contributed by atoms with Crippen molar-refractivity contribution in [3.05, 3.63) is 43.5 Å². The summed E-state index contributed by atoms with van der Waals surface area (Å²) in [5.41, 5.74) is 6.61. The average molecular weight is 608 g/mol. The molecular weight excluding hydrogens is 582 g/mol. The molecule has 3 heterocycles. The van der Waals surface area contributed by atoms with Gasteiger partial charge in [0.1, 0.15) is 36.6 Å². The van der Waals surface area contributed by atoms with Gasteiger partial charge >= 0.3 is 21.3 Å². The van der Waals surface area contributed by atoms with E-state index in [0.29, 0.717) is 0 Å². The molecule has 2 aliphatic heterocycles. The molecular formula is C15H26N6O16P2. The van der Waals surface area contributed by atoms with Crippen LogP contribution < -0.4 is 17.4 Å². The molecule has 0 saturated carbocycles. The molecule has 22 nitrogen and oxygen atoms in total. The topological polar surface area (TPSA) is 361 Å². The third kappa shape index (κ3) is 7.99. The zero-order valence-corrected chi connectivity index (χ0v) is 21.2. The summed E-state index contributed by atoms with van der Waals surface area (Å²) >= 11 is 0. The number of aromatic nitrogens is 2. The van der Waals surface area contributed by atoms with Crippen LogP contribution in [0.4, 0.5) is 0 Å². The Labute approximate surface area is 216 Å². The summed E-state index contributed by atoms with van der Waals surface area (Å²) in [7, 11) is -11.1. The number of aromatic amines is 1. The molecule has 0 aromatic carbocycles. The number of aliphatic hydroxyl groups excluding tert-OH is 5. The highest BCUT2D eigenvalue weighted by Gasteiger charge is 2.49. The van der Waals surface area contributed by atoms with E-state index in [2.05, 4.69) is 23.4 Å². The van der Waals surface area contributed by atoms with Gasteiger partial charge in [0.2, 0.25) is 0 Å². The largest absolute Gasteiger partial charge is 0.483 e. The third-order valence-electron chi connectivity index (χ3n) is 5.30. The van der Waals surface area contributed by atoms with Crippen LogP contribution in [-0.2, 0) is 32.0 Å². The fourth-order valence-electron chi connectivity index (χ4n) is 3.47. The maximum Gasteiger partial charge on any atom is 0.483 e. The zero-order chi connectivity index (χ0) is 28.4. The van der Waals surface area contributed by atoms with E-state index in [4.69, 9.17) is 15.0 Å². The van der Waals surface area contributed by atoms with Gasteiger partial charge in [-0.3, -0.25) is 23.4 Å². The first kappa shape index (κ1) is 33.1. The normalized spacial score (nSPS) is 35.7. The predicted molar refractivity (Wildman–Crippen MR) is 121 cm³/mol. The molecule has 2 saturated heterocycles. The Morgan fingerprint density at radius 2 is 1.64 bits per heavy atom. The lowest BCUT2D eigenvalue weighted by Gasteiger charge is -2.39. The average Bonchev–Trinajstić information content (AvgIpc) is 3.10. The van der Waals surface area contributed by atoms with E-state index in [1.807, 2.05) is 4.98 Å². The summed E-state index contributed by atoms with van der Waals surface area (Å²) in [6.45, 7) is -1.64. The molecule has 0 radical (unpaired) electrons. The Hall–Kier alpha value is -2.07. The minimum absolute atomic E-state index is 0. The lowest BCUT2D eigenvalue weighted by atomic mass is 9.99. The molecule has 1 aromatic rings. The molecule has 11 atom stereocenters. The molecule has 0 aliphatic carbocycles. The van der Waals surface area contributed by atoms with Gasteiger partial charge in [-0.15, -0.1) is 0 Å². The van der Waals surface area contributed by atoms with Crippen molar-refractivity contribution in [1.29, 1.82) is 0 Å². The quantitative estimate of drug-likeness (QED) is 0.0543. The summed E-state index contributed by atoms with van der Waals surface area (Å²) in [5, 5.41) is 53.1. The number of nitrogens with zero attached hydrogens (tertiary/aromatic N) is 4. The van der Waals surface area contributed by atoms with Crippen LogP contribution in [0.5, 0.6) is 0 Å². The highest BCUT2D eigenvalue weighted by molar-refractivity contribution is 7.61. The number of phosphoric ester groups is 2. The van der Waals surface area contributed by atoms with Gasteiger partial charge in [-0.1, -0.05) is 5.11 Å². The van der Waals surface area contributed by atoms with Gasteiger partial charge < -0.3 is 50.9 Å². The summed E-state index contributed by atoms with van der Waals surface area (Å²) in [6, 6.07) is 0.924. The number of nitrogens with one attached hydrogen (secondary N) is 1. The minimum atomic E-state index is -5.63. The Balaban J connectivity index is 0.00000533. The Morgan fingerprint density at radius 1 is 1.00 bits per heavy atom. The van der Waals surface area contributed by atoms with E-state index >= 15 is 0 Å². The molecule has 1 aromatic heterocycles. The van der Waals surface area contributed by atoms with E-state index in [9.17, 15) is 54.0 Å². The van der Waals surface area contributed by atoms with Crippen molar-refractivity contribution >= 4 is 15.6 Å². The first-order valence-corrected chi connectivity index (χ1v) is 13.4. The van der Waals surface area contributed by atoms with Gasteiger partial charge in [0.15, 0.2) is 12.5 Å². The highest BCUT2D eigenvalue weighted by Crippen LogP contribution is 2.61.